The quantitative estimate of drug-likeness (QED) is 0.0698. The highest BCUT2D eigenvalue weighted by Crippen LogP contribution is 2.50. The van der Waals surface area contributed by atoms with E-state index in [0.717, 1.165) is 21.9 Å². The van der Waals surface area contributed by atoms with E-state index in [2.05, 4.69) is 10.3 Å². The van der Waals surface area contributed by atoms with Crippen LogP contribution in [0, 0.1) is 10.1 Å². The number of nitrogens with zero attached hydrogens (tertiary/aromatic N) is 1. The van der Waals surface area contributed by atoms with Crippen molar-refractivity contribution >= 4 is 56.7 Å². The Labute approximate surface area is 261 Å². The summed E-state index contributed by atoms with van der Waals surface area (Å²) in [6.07, 6.45) is -0.314. The van der Waals surface area contributed by atoms with E-state index in [4.69, 9.17) is 35.0 Å². The van der Waals surface area contributed by atoms with Gasteiger partial charge < -0.3 is 28.3 Å². The third kappa shape index (κ3) is 5.27. The molecule has 5 aromatic rings. The molecule has 0 spiro atoms. The van der Waals surface area contributed by atoms with Crippen LogP contribution in [0.4, 0.5) is 16.4 Å². The van der Waals surface area contributed by atoms with E-state index in [1.807, 2.05) is 24.3 Å². The SMILES string of the molecule is COc1cc2cc(C(=O)C3CC(CCl)c4c3cc(NC(=O)OCc3ccc([N+](=O)[O-])o3)c3ccccc43)[nH]c2c(OC)c1OC. The first kappa shape index (κ1) is 29.8. The molecule has 2 aromatic heterocycles. The van der Waals surface area contributed by atoms with Crippen LogP contribution in [0.1, 0.15) is 45.6 Å². The Bertz CT molecular complexity index is 1960. The molecule has 1 aliphatic rings. The molecule has 3 aromatic carbocycles. The average Bonchev–Trinajstić information content (AvgIpc) is 3.79. The van der Waals surface area contributed by atoms with Crippen LogP contribution in [0.25, 0.3) is 21.7 Å². The zero-order valence-electron chi connectivity index (χ0n) is 24.5. The minimum atomic E-state index is -0.792. The van der Waals surface area contributed by atoms with Crippen molar-refractivity contribution in [3.05, 3.63) is 87.3 Å². The van der Waals surface area contributed by atoms with Crippen LogP contribution in [0.15, 0.2) is 59.0 Å². The number of halogens is 1. The average molecular weight is 634 g/mol. The Morgan fingerprint density at radius 3 is 2.47 bits per heavy atom. The van der Waals surface area contributed by atoms with Crippen LogP contribution >= 0.6 is 11.6 Å². The van der Waals surface area contributed by atoms with Crippen LogP contribution in [0.2, 0.25) is 0 Å². The maximum atomic E-state index is 14.2. The number of Topliss-reactive ketones (excluding diaryl/α,β-unsaturated/α-hetero) is 1. The number of nitro groups is 1. The van der Waals surface area contributed by atoms with E-state index in [0.29, 0.717) is 51.8 Å². The number of carbonyl (C=O) groups is 2. The van der Waals surface area contributed by atoms with Crippen LogP contribution in [0.3, 0.4) is 0 Å². The van der Waals surface area contributed by atoms with E-state index in [9.17, 15) is 19.7 Å². The van der Waals surface area contributed by atoms with Crippen LogP contribution in [0.5, 0.6) is 17.2 Å². The zero-order chi connectivity index (χ0) is 31.8. The Kier molecular flexibility index (Phi) is 7.98. The highest BCUT2D eigenvalue weighted by atomic mass is 35.5. The van der Waals surface area contributed by atoms with Gasteiger partial charge in [0.15, 0.2) is 23.9 Å². The lowest BCUT2D eigenvalue weighted by Gasteiger charge is -2.16. The monoisotopic (exact) mass is 633 g/mol. The second-order valence-corrected chi connectivity index (χ2v) is 10.8. The zero-order valence-corrected chi connectivity index (χ0v) is 25.2. The number of hydrogen-bond donors (Lipinski definition) is 2. The Hall–Kier alpha value is -5.23. The largest absolute Gasteiger partial charge is 0.493 e. The number of hydrogen-bond acceptors (Lipinski definition) is 9. The van der Waals surface area contributed by atoms with Crippen molar-refractivity contribution in [3.8, 4) is 17.2 Å². The fourth-order valence-electron chi connectivity index (χ4n) is 6.07. The predicted molar refractivity (Wildman–Crippen MR) is 166 cm³/mol. The predicted octanol–water partition coefficient (Wildman–Crippen LogP) is 7.29. The summed E-state index contributed by atoms with van der Waals surface area (Å²) in [5.41, 5.74) is 3.12. The lowest BCUT2D eigenvalue weighted by Crippen LogP contribution is -2.15. The third-order valence-corrected chi connectivity index (χ3v) is 8.39. The maximum absolute atomic E-state index is 14.2. The van der Waals surface area contributed by atoms with Crippen molar-refractivity contribution in [1.82, 2.24) is 4.98 Å². The van der Waals surface area contributed by atoms with Gasteiger partial charge in [0, 0.05) is 22.6 Å². The number of anilines is 1. The van der Waals surface area contributed by atoms with Gasteiger partial charge >= 0.3 is 12.0 Å². The molecule has 12 nitrogen and oxygen atoms in total. The first-order valence-corrected chi connectivity index (χ1v) is 14.5. The summed E-state index contributed by atoms with van der Waals surface area (Å²) >= 11 is 6.46. The number of H-pyrrole nitrogens is 1. The van der Waals surface area contributed by atoms with E-state index in [-0.39, 0.29) is 24.1 Å². The van der Waals surface area contributed by atoms with Crippen molar-refractivity contribution in [1.29, 1.82) is 0 Å². The lowest BCUT2D eigenvalue weighted by molar-refractivity contribution is -0.402. The molecule has 1 amide bonds. The topological polar surface area (TPSA) is 155 Å². The summed E-state index contributed by atoms with van der Waals surface area (Å²) in [6, 6.07) is 15.4. The van der Waals surface area contributed by atoms with E-state index in [1.54, 1.807) is 18.2 Å². The molecule has 2 unspecified atom stereocenters. The molecular formula is C32H28ClN3O9. The van der Waals surface area contributed by atoms with Gasteiger partial charge in [0.2, 0.25) is 5.75 Å². The number of benzene rings is 3. The molecule has 232 valence electrons. The van der Waals surface area contributed by atoms with Gasteiger partial charge in [-0.05, 0) is 53.1 Å². The van der Waals surface area contributed by atoms with Gasteiger partial charge in [0.1, 0.15) is 10.7 Å². The third-order valence-electron chi connectivity index (χ3n) is 8.02. The lowest BCUT2D eigenvalue weighted by atomic mass is 9.91. The van der Waals surface area contributed by atoms with Gasteiger partial charge in [-0.3, -0.25) is 20.2 Å². The molecule has 0 aliphatic heterocycles. The van der Waals surface area contributed by atoms with Gasteiger partial charge in [-0.1, -0.05) is 24.3 Å². The van der Waals surface area contributed by atoms with Crippen molar-refractivity contribution in [2.45, 2.75) is 24.9 Å². The summed E-state index contributed by atoms with van der Waals surface area (Å²) in [4.78, 5) is 40.5. The molecule has 2 heterocycles. The van der Waals surface area contributed by atoms with E-state index in [1.165, 1.54) is 33.5 Å². The number of amides is 1. The molecule has 45 heavy (non-hydrogen) atoms. The molecule has 0 saturated heterocycles. The van der Waals surface area contributed by atoms with Crippen LogP contribution in [-0.4, -0.2) is 49.0 Å². The number of methoxy groups -OCH3 is 3. The summed E-state index contributed by atoms with van der Waals surface area (Å²) in [6.45, 7) is -0.308. The summed E-state index contributed by atoms with van der Waals surface area (Å²) in [5, 5.41) is 16.0. The van der Waals surface area contributed by atoms with Crippen molar-refractivity contribution < 1.29 is 37.9 Å². The van der Waals surface area contributed by atoms with Crippen LogP contribution < -0.4 is 19.5 Å². The van der Waals surface area contributed by atoms with Crippen LogP contribution in [-0.2, 0) is 11.3 Å². The van der Waals surface area contributed by atoms with Gasteiger partial charge in [-0.25, -0.2) is 4.79 Å². The number of rotatable bonds is 10. The fraction of sp³-hybridized carbons (Fsp3) is 0.250. The number of aromatic amines is 1. The molecular weight excluding hydrogens is 606 g/mol. The van der Waals surface area contributed by atoms with Crippen molar-refractivity contribution in [2.24, 2.45) is 0 Å². The van der Waals surface area contributed by atoms with Gasteiger partial charge in [-0.15, -0.1) is 11.6 Å². The molecule has 0 fully saturated rings. The number of carbonyl (C=O) groups excluding carboxylic acids is 2. The number of furan rings is 1. The maximum Gasteiger partial charge on any atom is 0.433 e. The number of ether oxygens (including phenoxy) is 4. The first-order chi connectivity index (χ1) is 21.8. The minimum Gasteiger partial charge on any atom is -0.493 e. The number of ketones is 1. The molecule has 2 atom stereocenters. The highest BCUT2D eigenvalue weighted by Gasteiger charge is 2.38. The Balaban J connectivity index is 1.35. The summed E-state index contributed by atoms with van der Waals surface area (Å²) in [5.74, 6) is 0.450. The van der Waals surface area contributed by atoms with E-state index >= 15 is 0 Å². The molecule has 1 aliphatic carbocycles. The van der Waals surface area contributed by atoms with Gasteiger partial charge in [-0.2, -0.15) is 0 Å². The molecule has 0 radical (unpaired) electrons. The Morgan fingerprint density at radius 1 is 1.04 bits per heavy atom. The standard InChI is InChI=1S/C32H28ClN3O9/c1-41-25-12-16-11-24(34-28(16)31(43-3)30(25)42-2)29(37)22-10-17(14-33)27-20-7-5-4-6-19(20)23(13-21(22)27)35-32(38)44-15-18-8-9-26(45-18)36(39)40/h4-9,11-13,17,22,34H,10,14-15H2,1-3H3,(H,35,38). The minimum absolute atomic E-state index is 0.102. The number of aromatic nitrogens is 1. The summed E-state index contributed by atoms with van der Waals surface area (Å²) in [7, 11) is 4.55. The number of alkyl halides is 1. The fourth-order valence-corrected chi connectivity index (χ4v) is 6.35. The smallest absolute Gasteiger partial charge is 0.433 e. The van der Waals surface area contributed by atoms with E-state index < -0.39 is 22.8 Å². The highest BCUT2D eigenvalue weighted by molar-refractivity contribution is 6.19. The van der Waals surface area contributed by atoms with Crippen molar-refractivity contribution in [2.75, 3.05) is 32.5 Å². The number of nitrogens with one attached hydrogen (secondary N) is 2. The molecule has 2 N–H and O–H groups in total. The van der Waals surface area contributed by atoms with Gasteiger partial charge in [0.25, 0.3) is 0 Å². The molecule has 6 rings (SSSR count). The first-order valence-electron chi connectivity index (χ1n) is 13.9. The normalized spacial score (nSPS) is 15.6. The second-order valence-electron chi connectivity index (χ2n) is 10.5. The Morgan fingerprint density at radius 2 is 1.80 bits per heavy atom. The number of fused-ring (bicyclic) bond motifs is 4. The van der Waals surface area contributed by atoms with Crippen molar-refractivity contribution in [3.63, 3.8) is 0 Å². The molecule has 0 bridgehead atoms. The summed E-state index contributed by atoms with van der Waals surface area (Å²) < 4.78 is 26.9. The molecule has 0 saturated carbocycles. The van der Waals surface area contributed by atoms with Gasteiger partial charge in [0.05, 0.1) is 44.3 Å². The molecule has 13 heteroatoms. The second kappa shape index (κ2) is 12.0.